The van der Waals surface area contributed by atoms with E-state index in [4.69, 9.17) is 0 Å². The second-order valence-corrected chi connectivity index (χ2v) is 7.73. The molecule has 0 saturated carbocycles. The van der Waals surface area contributed by atoms with Crippen molar-refractivity contribution in [3.63, 3.8) is 0 Å². The Morgan fingerprint density at radius 3 is 2.62 bits per heavy atom. The van der Waals surface area contributed by atoms with Crippen LogP contribution in [0.15, 0.2) is 30.3 Å². The molecule has 2 unspecified atom stereocenters. The molecule has 6 heteroatoms. The Morgan fingerprint density at radius 1 is 1.00 bits per heavy atom. The van der Waals surface area contributed by atoms with E-state index in [9.17, 15) is 9.59 Å². The number of carbonyl (C=O) groups excluding carboxylic acids is 2. The van der Waals surface area contributed by atoms with Gasteiger partial charge in [-0.3, -0.25) is 14.5 Å². The first kappa shape index (κ1) is 15.9. The van der Waals surface area contributed by atoms with E-state index in [2.05, 4.69) is 46.8 Å². The lowest BCUT2D eigenvalue weighted by molar-refractivity contribution is -0.163. The molecule has 136 valence electrons. The highest BCUT2D eigenvalue weighted by atomic mass is 16.2. The molecule has 2 atom stereocenters. The molecule has 0 radical (unpaired) electrons. The van der Waals surface area contributed by atoms with Crippen LogP contribution in [0.25, 0.3) is 10.9 Å². The third-order valence-corrected chi connectivity index (χ3v) is 6.29. The van der Waals surface area contributed by atoms with Crippen molar-refractivity contribution in [2.75, 3.05) is 26.2 Å². The number of aromatic nitrogens is 1. The summed E-state index contributed by atoms with van der Waals surface area (Å²) in [5.74, 6) is 0.310. The van der Waals surface area contributed by atoms with Gasteiger partial charge in [-0.2, -0.15) is 0 Å². The lowest BCUT2D eigenvalue weighted by Crippen LogP contribution is -2.68. The van der Waals surface area contributed by atoms with Gasteiger partial charge in [-0.15, -0.1) is 0 Å². The van der Waals surface area contributed by atoms with Crippen LogP contribution in [-0.2, 0) is 23.2 Å². The zero-order valence-corrected chi connectivity index (χ0v) is 15.1. The molecule has 26 heavy (non-hydrogen) atoms. The van der Waals surface area contributed by atoms with Gasteiger partial charge in [0, 0.05) is 51.0 Å². The molecule has 2 amide bonds. The summed E-state index contributed by atoms with van der Waals surface area (Å²) in [5, 5.41) is 1.24. The van der Waals surface area contributed by atoms with E-state index in [1.165, 1.54) is 16.6 Å². The first-order valence-electron chi connectivity index (χ1n) is 9.50. The van der Waals surface area contributed by atoms with Crippen molar-refractivity contribution < 1.29 is 9.59 Å². The quantitative estimate of drug-likeness (QED) is 0.816. The van der Waals surface area contributed by atoms with Crippen molar-refractivity contribution in [2.24, 2.45) is 7.05 Å². The number of piperazine rings is 2. The van der Waals surface area contributed by atoms with Gasteiger partial charge >= 0.3 is 0 Å². The smallest absolute Gasteiger partial charge is 0.247 e. The zero-order chi connectivity index (χ0) is 17.8. The Balaban J connectivity index is 1.37. The number of rotatable bonds is 2. The fourth-order valence-corrected chi connectivity index (χ4v) is 4.86. The Morgan fingerprint density at radius 2 is 1.77 bits per heavy atom. The van der Waals surface area contributed by atoms with Crippen molar-refractivity contribution in [3.8, 4) is 0 Å². The average molecular weight is 352 g/mol. The van der Waals surface area contributed by atoms with Gasteiger partial charge in [0.15, 0.2) is 0 Å². The van der Waals surface area contributed by atoms with Crippen molar-refractivity contribution in [1.29, 1.82) is 0 Å². The third-order valence-electron chi connectivity index (χ3n) is 6.29. The van der Waals surface area contributed by atoms with Gasteiger partial charge in [0.25, 0.3) is 0 Å². The molecule has 3 aliphatic heterocycles. The highest BCUT2D eigenvalue weighted by Crippen LogP contribution is 2.29. The molecule has 2 aromatic rings. The highest BCUT2D eigenvalue weighted by molar-refractivity contribution is 5.97. The summed E-state index contributed by atoms with van der Waals surface area (Å²) in [6.07, 6.45) is 1.77. The predicted octanol–water partition coefficient (Wildman–Crippen LogP) is 1.20. The minimum absolute atomic E-state index is 0.147. The summed E-state index contributed by atoms with van der Waals surface area (Å²) in [6, 6.07) is 10.1. The maximum absolute atomic E-state index is 12.9. The molecule has 1 aromatic heterocycles. The molecule has 0 aliphatic carbocycles. The molecular formula is C20H24N4O2. The maximum Gasteiger partial charge on any atom is 0.247 e. The largest absolute Gasteiger partial charge is 0.346 e. The first-order chi connectivity index (χ1) is 12.6. The number of hydrogen-bond donors (Lipinski definition) is 0. The number of aryl methyl sites for hydroxylation is 1. The standard InChI is InChI=1S/C20H24N4O2/c1-21-15(11-14-5-2-3-6-16(14)21)12-22-9-10-24-18(13-22)20(26)23-8-4-7-17(23)19(24)25/h2-3,5-6,11,17-18H,4,7-10,12-13H2,1H3. The number of carbonyl (C=O) groups is 2. The Hall–Kier alpha value is -2.34. The monoisotopic (exact) mass is 352 g/mol. The average Bonchev–Trinajstić information content (AvgIpc) is 3.26. The van der Waals surface area contributed by atoms with Gasteiger partial charge in [-0.1, -0.05) is 18.2 Å². The molecule has 1 aromatic carbocycles. The lowest BCUT2D eigenvalue weighted by Gasteiger charge is -2.47. The molecule has 4 heterocycles. The normalized spacial score (nSPS) is 26.5. The number of nitrogens with zero attached hydrogens (tertiary/aromatic N) is 4. The summed E-state index contributed by atoms with van der Waals surface area (Å²) in [7, 11) is 2.10. The SMILES string of the molecule is Cn1c(CN2CCN3C(=O)C4CCCN4C(=O)C3C2)cc2ccccc21. The fourth-order valence-electron chi connectivity index (χ4n) is 4.86. The Kier molecular flexibility index (Phi) is 3.57. The summed E-state index contributed by atoms with van der Waals surface area (Å²) in [5.41, 5.74) is 2.47. The van der Waals surface area contributed by atoms with Crippen LogP contribution >= 0.6 is 0 Å². The van der Waals surface area contributed by atoms with Crippen molar-refractivity contribution in [1.82, 2.24) is 19.3 Å². The van der Waals surface area contributed by atoms with Crippen LogP contribution < -0.4 is 0 Å². The molecule has 0 bridgehead atoms. The molecule has 3 fully saturated rings. The van der Waals surface area contributed by atoms with Crippen molar-refractivity contribution >= 4 is 22.7 Å². The molecule has 3 aliphatic rings. The molecular weight excluding hydrogens is 328 g/mol. The van der Waals surface area contributed by atoms with Gasteiger partial charge in [-0.05, 0) is 30.4 Å². The van der Waals surface area contributed by atoms with E-state index >= 15 is 0 Å². The summed E-state index contributed by atoms with van der Waals surface area (Å²) < 4.78 is 2.23. The summed E-state index contributed by atoms with van der Waals surface area (Å²) >= 11 is 0. The first-order valence-corrected chi connectivity index (χ1v) is 9.50. The summed E-state index contributed by atoms with van der Waals surface area (Å²) in [4.78, 5) is 31.6. The van der Waals surface area contributed by atoms with Gasteiger partial charge in [0.2, 0.25) is 11.8 Å². The van der Waals surface area contributed by atoms with E-state index in [1.807, 2.05) is 9.80 Å². The second-order valence-electron chi connectivity index (χ2n) is 7.73. The van der Waals surface area contributed by atoms with Crippen molar-refractivity contribution in [2.45, 2.75) is 31.5 Å². The number of fused-ring (bicyclic) bond motifs is 3. The zero-order valence-electron chi connectivity index (χ0n) is 15.1. The van der Waals surface area contributed by atoms with Crippen LogP contribution in [0.2, 0.25) is 0 Å². The van der Waals surface area contributed by atoms with Crippen LogP contribution in [0.1, 0.15) is 18.5 Å². The molecule has 3 saturated heterocycles. The van der Waals surface area contributed by atoms with Crippen LogP contribution in [0.4, 0.5) is 0 Å². The van der Waals surface area contributed by atoms with E-state index in [-0.39, 0.29) is 23.9 Å². The molecule has 6 nitrogen and oxygen atoms in total. The van der Waals surface area contributed by atoms with Gasteiger partial charge in [0.1, 0.15) is 12.1 Å². The topological polar surface area (TPSA) is 48.8 Å². The Labute approximate surface area is 152 Å². The molecule has 0 N–H and O–H groups in total. The van der Waals surface area contributed by atoms with Crippen LogP contribution in [-0.4, -0.2) is 69.3 Å². The van der Waals surface area contributed by atoms with Crippen molar-refractivity contribution in [3.05, 3.63) is 36.0 Å². The van der Waals surface area contributed by atoms with Gasteiger partial charge in [-0.25, -0.2) is 0 Å². The Bertz CT molecular complexity index is 889. The van der Waals surface area contributed by atoms with E-state index in [0.717, 1.165) is 32.5 Å². The van der Waals surface area contributed by atoms with Crippen LogP contribution in [0, 0.1) is 0 Å². The van der Waals surface area contributed by atoms with Gasteiger partial charge in [0.05, 0.1) is 0 Å². The number of para-hydroxylation sites is 1. The second kappa shape index (κ2) is 5.84. The highest BCUT2D eigenvalue weighted by Gasteiger charge is 2.49. The van der Waals surface area contributed by atoms with Crippen LogP contribution in [0.3, 0.4) is 0 Å². The maximum atomic E-state index is 12.9. The summed E-state index contributed by atoms with van der Waals surface area (Å²) in [6.45, 7) is 3.66. The molecule has 0 spiro atoms. The minimum Gasteiger partial charge on any atom is -0.346 e. The predicted molar refractivity (Wildman–Crippen MR) is 98.4 cm³/mol. The minimum atomic E-state index is -0.305. The number of amides is 2. The fraction of sp³-hybridized carbons (Fsp3) is 0.500. The van der Waals surface area contributed by atoms with E-state index < -0.39 is 0 Å². The number of hydrogen-bond acceptors (Lipinski definition) is 3. The molecule has 5 rings (SSSR count). The van der Waals surface area contributed by atoms with Crippen LogP contribution in [0.5, 0.6) is 0 Å². The third kappa shape index (κ3) is 2.28. The number of benzene rings is 1. The van der Waals surface area contributed by atoms with Gasteiger partial charge < -0.3 is 14.4 Å². The van der Waals surface area contributed by atoms with E-state index in [0.29, 0.717) is 13.1 Å². The van der Waals surface area contributed by atoms with E-state index in [1.54, 1.807) is 0 Å². The lowest BCUT2D eigenvalue weighted by atomic mass is 10.0.